The third-order valence-electron chi connectivity index (χ3n) is 13.8. The van der Waals surface area contributed by atoms with E-state index in [-0.39, 0.29) is 31.1 Å². The van der Waals surface area contributed by atoms with Crippen LogP contribution in [-0.2, 0) is 28.6 Å². The summed E-state index contributed by atoms with van der Waals surface area (Å²) in [5, 5.41) is 0. The highest BCUT2D eigenvalue weighted by Crippen LogP contribution is 2.15. The molecule has 81 heavy (non-hydrogen) atoms. The Bertz CT molecular complexity index is 1760. The monoisotopic (exact) mass is 1120 g/mol. The highest BCUT2D eigenvalue weighted by molar-refractivity contribution is 5.71. The summed E-state index contributed by atoms with van der Waals surface area (Å²) in [7, 11) is 0. The molecule has 0 aliphatic rings. The molecule has 0 rings (SSSR count). The van der Waals surface area contributed by atoms with Crippen molar-refractivity contribution in [3.63, 3.8) is 0 Å². The maximum Gasteiger partial charge on any atom is 0.306 e. The zero-order chi connectivity index (χ0) is 58.5. The Morgan fingerprint density at radius 1 is 0.259 bits per heavy atom. The van der Waals surface area contributed by atoms with E-state index in [0.29, 0.717) is 19.3 Å². The lowest BCUT2D eigenvalue weighted by Crippen LogP contribution is -2.30. The molecule has 0 fully saturated rings. The quantitative estimate of drug-likeness (QED) is 0.0261. The van der Waals surface area contributed by atoms with Gasteiger partial charge in [0, 0.05) is 19.3 Å². The topological polar surface area (TPSA) is 78.9 Å². The number of hydrogen-bond acceptors (Lipinski definition) is 6. The van der Waals surface area contributed by atoms with Crippen LogP contribution in [0.4, 0.5) is 0 Å². The number of unbranched alkanes of at least 4 members (excludes halogenated alkanes) is 24. The lowest BCUT2D eigenvalue weighted by molar-refractivity contribution is -0.167. The van der Waals surface area contributed by atoms with Gasteiger partial charge in [-0.15, -0.1) is 0 Å². The predicted octanol–water partition coefficient (Wildman–Crippen LogP) is 23.1. The van der Waals surface area contributed by atoms with Crippen molar-refractivity contribution in [2.24, 2.45) is 0 Å². The molecule has 0 aliphatic heterocycles. The third-order valence-corrected chi connectivity index (χ3v) is 13.8. The van der Waals surface area contributed by atoms with Crippen molar-refractivity contribution in [1.82, 2.24) is 0 Å². The van der Waals surface area contributed by atoms with Gasteiger partial charge in [-0.2, -0.15) is 0 Å². The Morgan fingerprint density at radius 2 is 0.506 bits per heavy atom. The van der Waals surface area contributed by atoms with E-state index >= 15 is 0 Å². The molecular formula is C75H122O6. The minimum absolute atomic E-state index is 0.101. The number of ether oxygens (including phenoxy) is 3. The molecule has 0 aromatic heterocycles. The molecule has 1 unspecified atom stereocenters. The highest BCUT2D eigenvalue weighted by atomic mass is 16.6. The van der Waals surface area contributed by atoms with Crippen LogP contribution in [0.3, 0.4) is 0 Å². The molecule has 0 heterocycles. The van der Waals surface area contributed by atoms with Crippen molar-refractivity contribution in [3.8, 4) is 0 Å². The normalized spacial score (nSPS) is 13.1. The van der Waals surface area contributed by atoms with Crippen molar-refractivity contribution >= 4 is 17.9 Å². The summed E-state index contributed by atoms with van der Waals surface area (Å²) >= 11 is 0. The van der Waals surface area contributed by atoms with Crippen LogP contribution in [0, 0.1) is 0 Å². The van der Waals surface area contributed by atoms with Crippen LogP contribution in [0.25, 0.3) is 0 Å². The molecule has 458 valence electrons. The van der Waals surface area contributed by atoms with Crippen molar-refractivity contribution < 1.29 is 28.6 Å². The van der Waals surface area contributed by atoms with Crippen molar-refractivity contribution in [2.75, 3.05) is 13.2 Å². The van der Waals surface area contributed by atoms with Crippen molar-refractivity contribution in [1.29, 1.82) is 0 Å². The summed E-state index contributed by atoms with van der Waals surface area (Å²) in [5.41, 5.74) is 0. The lowest BCUT2D eigenvalue weighted by atomic mass is 10.1. The highest BCUT2D eigenvalue weighted by Gasteiger charge is 2.19. The van der Waals surface area contributed by atoms with Crippen molar-refractivity contribution in [3.05, 3.63) is 146 Å². The van der Waals surface area contributed by atoms with Gasteiger partial charge in [-0.1, -0.05) is 276 Å². The molecule has 0 spiro atoms. The number of rotatable bonds is 59. The number of hydrogen-bond donors (Lipinski definition) is 0. The molecule has 0 aliphatic carbocycles. The van der Waals surface area contributed by atoms with Crippen LogP contribution in [0.5, 0.6) is 0 Å². The summed E-state index contributed by atoms with van der Waals surface area (Å²) in [4.78, 5) is 38.3. The minimum Gasteiger partial charge on any atom is -0.462 e. The first-order chi connectivity index (χ1) is 40.0. The van der Waals surface area contributed by atoms with Gasteiger partial charge in [0.25, 0.3) is 0 Å². The number of allylic oxidation sites excluding steroid dienone is 24. The first-order valence-electron chi connectivity index (χ1n) is 33.3. The Morgan fingerprint density at radius 3 is 0.827 bits per heavy atom. The molecule has 0 amide bonds. The van der Waals surface area contributed by atoms with Crippen LogP contribution in [0.15, 0.2) is 146 Å². The molecule has 6 nitrogen and oxygen atoms in total. The van der Waals surface area contributed by atoms with Crippen LogP contribution in [0.1, 0.15) is 290 Å². The standard InChI is InChI=1S/C75H122O6/c1-4-7-10-13-16-19-22-25-27-29-31-32-33-34-35-36-37-38-39-40-41-42-44-45-47-50-53-56-59-62-65-68-74(77)80-71-72(70-79-73(76)67-64-61-58-55-52-49-24-21-18-15-12-9-6-3)81-75(78)69-66-63-60-57-54-51-48-46-43-30-28-26-23-20-17-14-11-8-5-2/h7,10,12,15-16,19,21,24-28,31-32,34-35,37-38,40-41,44-45,50,53,72H,4-6,8-9,11,13-14,17-18,20,22-23,29-30,33,36,39,42-43,46-49,51-52,54-71H2,1-3H3/b10-7-,15-12-,19-16-,24-21-,27-25-,28-26-,32-31-,35-34-,38-37-,41-40-,45-44-,53-50-. The van der Waals surface area contributed by atoms with Crippen LogP contribution in [0.2, 0.25) is 0 Å². The average molecular weight is 1120 g/mol. The van der Waals surface area contributed by atoms with Gasteiger partial charge in [0.05, 0.1) is 0 Å². The van der Waals surface area contributed by atoms with Gasteiger partial charge >= 0.3 is 17.9 Å². The molecule has 0 aromatic rings. The molecule has 1 atom stereocenters. The summed E-state index contributed by atoms with van der Waals surface area (Å²) in [6.07, 6.45) is 97.1. The fraction of sp³-hybridized carbons (Fsp3) is 0.640. The molecule has 0 bridgehead atoms. The Labute approximate surface area is 499 Å². The fourth-order valence-corrected chi connectivity index (χ4v) is 8.82. The van der Waals surface area contributed by atoms with Gasteiger partial charge < -0.3 is 14.2 Å². The first kappa shape index (κ1) is 76.3. The van der Waals surface area contributed by atoms with Gasteiger partial charge in [-0.3, -0.25) is 14.4 Å². The fourth-order valence-electron chi connectivity index (χ4n) is 8.82. The number of carbonyl (C=O) groups excluding carboxylic acids is 3. The second-order valence-corrected chi connectivity index (χ2v) is 21.6. The molecule has 0 N–H and O–H groups in total. The second-order valence-electron chi connectivity index (χ2n) is 21.6. The molecule has 0 saturated heterocycles. The van der Waals surface area contributed by atoms with E-state index in [1.165, 1.54) is 96.3 Å². The summed E-state index contributed by atoms with van der Waals surface area (Å²) < 4.78 is 16.9. The number of carbonyl (C=O) groups is 3. The van der Waals surface area contributed by atoms with E-state index < -0.39 is 6.10 Å². The second kappa shape index (κ2) is 67.8. The molecule has 6 heteroatoms. The van der Waals surface area contributed by atoms with Crippen LogP contribution < -0.4 is 0 Å². The Hall–Kier alpha value is -4.71. The van der Waals surface area contributed by atoms with Gasteiger partial charge in [0.15, 0.2) is 6.10 Å². The van der Waals surface area contributed by atoms with E-state index in [9.17, 15) is 14.4 Å². The van der Waals surface area contributed by atoms with Crippen LogP contribution in [-0.4, -0.2) is 37.2 Å². The van der Waals surface area contributed by atoms with Crippen LogP contribution >= 0.6 is 0 Å². The predicted molar refractivity (Wildman–Crippen MR) is 352 cm³/mol. The summed E-state index contributed by atoms with van der Waals surface area (Å²) in [6, 6.07) is 0. The lowest BCUT2D eigenvalue weighted by Gasteiger charge is -2.18. The molecule has 0 aromatic carbocycles. The van der Waals surface area contributed by atoms with E-state index in [0.717, 1.165) is 154 Å². The molecule has 0 saturated carbocycles. The zero-order valence-electron chi connectivity index (χ0n) is 52.5. The first-order valence-corrected chi connectivity index (χ1v) is 33.3. The van der Waals surface area contributed by atoms with Gasteiger partial charge in [-0.05, 0) is 141 Å². The average Bonchev–Trinajstić information content (AvgIpc) is 3.46. The minimum atomic E-state index is -0.806. The SMILES string of the molecule is CC/C=C\C/C=C\C/C=C\C/C=C\C/C=C\C/C=C\C/C=C\C/C=C\C/C=C\CCCCCC(=O)OCC(COC(=O)CCCCCCC/C=C\C/C=C\CCC)OC(=O)CCCCCCCCCCC/C=C\CCCCCCCC. The van der Waals surface area contributed by atoms with E-state index in [4.69, 9.17) is 14.2 Å². The van der Waals surface area contributed by atoms with Gasteiger partial charge in [0.1, 0.15) is 13.2 Å². The summed E-state index contributed by atoms with van der Waals surface area (Å²) in [6.45, 7) is 6.42. The largest absolute Gasteiger partial charge is 0.462 e. The number of esters is 3. The third kappa shape index (κ3) is 66.0. The molecular weight excluding hydrogens is 997 g/mol. The van der Waals surface area contributed by atoms with E-state index in [2.05, 4.69) is 167 Å². The zero-order valence-corrected chi connectivity index (χ0v) is 52.5. The Balaban J connectivity index is 4.40. The molecule has 0 radical (unpaired) electrons. The maximum absolute atomic E-state index is 12.9. The summed E-state index contributed by atoms with van der Waals surface area (Å²) in [5.74, 6) is -0.948. The maximum atomic E-state index is 12.9. The van der Waals surface area contributed by atoms with Gasteiger partial charge in [-0.25, -0.2) is 0 Å². The van der Waals surface area contributed by atoms with E-state index in [1.807, 2.05) is 0 Å². The van der Waals surface area contributed by atoms with Gasteiger partial charge in [0.2, 0.25) is 0 Å². The van der Waals surface area contributed by atoms with E-state index in [1.54, 1.807) is 0 Å². The smallest absolute Gasteiger partial charge is 0.306 e. The van der Waals surface area contributed by atoms with Crippen molar-refractivity contribution in [2.45, 2.75) is 297 Å². The Kier molecular flexibility index (Phi) is 63.9.